The van der Waals surface area contributed by atoms with E-state index >= 15 is 0 Å². The van der Waals surface area contributed by atoms with Gasteiger partial charge in [0.25, 0.3) is 0 Å². The Hall–Kier alpha value is -2.70. The van der Waals surface area contributed by atoms with E-state index in [9.17, 15) is 9.59 Å². The number of benzene rings is 2. The van der Waals surface area contributed by atoms with Crippen LogP contribution in [0.15, 0.2) is 42.5 Å². The van der Waals surface area contributed by atoms with E-state index in [1.165, 1.54) is 11.1 Å². The third-order valence-corrected chi connectivity index (χ3v) is 6.48. The monoisotopic (exact) mass is 436 g/mol. The van der Waals surface area contributed by atoms with Crippen molar-refractivity contribution in [2.24, 2.45) is 0 Å². The van der Waals surface area contributed by atoms with Crippen LogP contribution in [0, 0.1) is 0 Å². The highest BCUT2D eigenvalue weighted by molar-refractivity contribution is 5.98. The van der Waals surface area contributed by atoms with Crippen LogP contribution < -0.4 is 10.1 Å². The summed E-state index contributed by atoms with van der Waals surface area (Å²) in [7, 11) is 1.65. The van der Waals surface area contributed by atoms with E-state index in [0.717, 1.165) is 49.2 Å². The maximum atomic E-state index is 12.6. The minimum Gasteiger partial charge on any atom is -0.497 e. The Labute approximate surface area is 189 Å². The number of carbonyl (C=O) groups is 2. The first kappa shape index (κ1) is 22.5. The Bertz CT molecular complexity index is 935. The largest absolute Gasteiger partial charge is 0.497 e. The Morgan fingerprint density at radius 1 is 1.03 bits per heavy atom. The van der Waals surface area contributed by atoms with Gasteiger partial charge in [-0.05, 0) is 54.2 Å². The molecule has 6 heteroatoms. The van der Waals surface area contributed by atoms with Gasteiger partial charge in [0, 0.05) is 38.0 Å². The summed E-state index contributed by atoms with van der Waals surface area (Å²) >= 11 is 0. The second-order valence-electron chi connectivity index (χ2n) is 8.50. The number of nitrogens with zero attached hydrogens (tertiary/aromatic N) is 1. The van der Waals surface area contributed by atoms with E-state index in [1.807, 2.05) is 36.4 Å². The van der Waals surface area contributed by atoms with E-state index in [4.69, 9.17) is 9.47 Å². The Morgan fingerprint density at radius 2 is 1.78 bits per heavy atom. The van der Waals surface area contributed by atoms with Gasteiger partial charge in [0.2, 0.25) is 5.91 Å². The van der Waals surface area contributed by atoms with Crippen molar-refractivity contribution in [1.82, 2.24) is 10.2 Å². The standard InChI is InChI=1S/C26H32N2O4/c1-31-23-9-7-20(8-10-23)24(28-13-15-32-16-14-28)18-27-26(30)12-11-25(29)22-6-5-19-3-2-4-21(19)17-22/h5-10,17,24H,2-4,11-16,18H2,1H3,(H,27,30). The zero-order valence-corrected chi connectivity index (χ0v) is 18.8. The number of hydrogen-bond acceptors (Lipinski definition) is 5. The maximum absolute atomic E-state index is 12.6. The molecule has 0 spiro atoms. The number of morpholine rings is 1. The van der Waals surface area contributed by atoms with Crippen LogP contribution in [0.5, 0.6) is 5.75 Å². The molecule has 2 aromatic rings. The number of nitrogens with one attached hydrogen (secondary N) is 1. The summed E-state index contributed by atoms with van der Waals surface area (Å²) in [5.41, 5.74) is 4.49. The summed E-state index contributed by atoms with van der Waals surface area (Å²) in [5.74, 6) is 0.754. The second-order valence-corrected chi connectivity index (χ2v) is 8.50. The van der Waals surface area contributed by atoms with Crippen LogP contribution in [-0.2, 0) is 22.4 Å². The highest BCUT2D eigenvalue weighted by atomic mass is 16.5. The summed E-state index contributed by atoms with van der Waals surface area (Å²) in [6, 6.07) is 14.0. The van der Waals surface area contributed by atoms with Gasteiger partial charge < -0.3 is 14.8 Å². The summed E-state index contributed by atoms with van der Waals surface area (Å²) < 4.78 is 10.8. The fourth-order valence-corrected chi connectivity index (χ4v) is 4.59. The van der Waals surface area contributed by atoms with E-state index in [0.29, 0.717) is 19.8 Å². The molecule has 2 aromatic carbocycles. The molecule has 1 aliphatic carbocycles. The fraction of sp³-hybridized carbons (Fsp3) is 0.462. The highest BCUT2D eigenvalue weighted by Gasteiger charge is 2.23. The lowest BCUT2D eigenvalue weighted by molar-refractivity contribution is -0.121. The van der Waals surface area contributed by atoms with Gasteiger partial charge in [-0.15, -0.1) is 0 Å². The smallest absolute Gasteiger partial charge is 0.220 e. The second kappa shape index (κ2) is 10.7. The van der Waals surface area contributed by atoms with Gasteiger partial charge >= 0.3 is 0 Å². The van der Waals surface area contributed by atoms with Gasteiger partial charge in [-0.2, -0.15) is 0 Å². The topological polar surface area (TPSA) is 67.9 Å². The molecule has 170 valence electrons. The number of fused-ring (bicyclic) bond motifs is 1. The van der Waals surface area contributed by atoms with E-state index < -0.39 is 0 Å². The Morgan fingerprint density at radius 3 is 2.53 bits per heavy atom. The number of ketones is 1. The molecule has 6 nitrogen and oxygen atoms in total. The third kappa shape index (κ3) is 5.56. The molecule has 1 amide bonds. The number of hydrogen-bond donors (Lipinski definition) is 1. The number of carbonyl (C=O) groups excluding carboxylic acids is 2. The highest BCUT2D eigenvalue weighted by Crippen LogP contribution is 2.25. The molecule has 1 heterocycles. The fourth-order valence-electron chi connectivity index (χ4n) is 4.59. The molecular formula is C26H32N2O4. The summed E-state index contributed by atoms with van der Waals surface area (Å²) in [6.45, 7) is 3.52. The van der Waals surface area contributed by atoms with Crippen LogP contribution >= 0.6 is 0 Å². The van der Waals surface area contributed by atoms with Crippen LogP contribution in [0.2, 0.25) is 0 Å². The van der Waals surface area contributed by atoms with Crippen LogP contribution in [0.4, 0.5) is 0 Å². The SMILES string of the molecule is COc1ccc(C(CNC(=O)CCC(=O)c2ccc3c(c2)CCC3)N2CCOCC2)cc1. The average molecular weight is 437 g/mol. The number of rotatable bonds is 9. The van der Waals surface area contributed by atoms with Gasteiger partial charge in [0.1, 0.15) is 5.75 Å². The van der Waals surface area contributed by atoms with Crippen LogP contribution in [0.25, 0.3) is 0 Å². The lowest BCUT2D eigenvalue weighted by atomic mass is 10.0. The third-order valence-electron chi connectivity index (χ3n) is 6.48. The number of amides is 1. The van der Waals surface area contributed by atoms with Gasteiger partial charge in [-0.25, -0.2) is 0 Å². The molecule has 1 atom stereocenters. The minimum atomic E-state index is -0.0914. The van der Waals surface area contributed by atoms with Gasteiger partial charge in [0.15, 0.2) is 5.78 Å². The van der Waals surface area contributed by atoms with Crippen molar-refractivity contribution in [3.8, 4) is 5.75 Å². The summed E-state index contributed by atoms with van der Waals surface area (Å²) in [6.07, 6.45) is 3.74. The van der Waals surface area contributed by atoms with Crippen molar-refractivity contribution in [1.29, 1.82) is 0 Å². The Balaban J connectivity index is 1.32. The molecule has 1 aliphatic heterocycles. The average Bonchev–Trinajstić information content (AvgIpc) is 3.32. The van der Waals surface area contributed by atoms with Crippen molar-refractivity contribution in [2.75, 3.05) is 40.0 Å². The van der Waals surface area contributed by atoms with Gasteiger partial charge in [0.05, 0.1) is 26.4 Å². The number of ether oxygens (including phenoxy) is 2. The Kier molecular flexibility index (Phi) is 7.55. The lowest BCUT2D eigenvalue weighted by Gasteiger charge is -2.35. The molecular weight excluding hydrogens is 404 g/mol. The quantitative estimate of drug-likeness (QED) is 0.611. The zero-order chi connectivity index (χ0) is 22.3. The van der Waals surface area contributed by atoms with Crippen molar-refractivity contribution in [2.45, 2.75) is 38.1 Å². The molecule has 0 radical (unpaired) electrons. The molecule has 1 unspecified atom stereocenters. The van der Waals surface area contributed by atoms with Crippen LogP contribution in [-0.4, -0.2) is 56.5 Å². The van der Waals surface area contributed by atoms with E-state index in [-0.39, 0.29) is 30.6 Å². The first-order chi connectivity index (χ1) is 15.6. The minimum absolute atomic E-state index is 0.0368. The lowest BCUT2D eigenvalue weighted by Crippen LogP contribution is -2.43. The maximum Gasteiger partial charge on any atom is 0.220 e. The molecule has 1 saturated heterocycles. The molecule has 0 aromatic heterocycles. The first-order valence-electron chi connectivity index (χ1n) is 11.5. The number of methoxy groups -OCH3 is 1. The van der Waals surface area contributed by atoms with Gasteiger partial charge in [-0.3, -0.25) is 14.5 Å². The predicted molar refractivity (Wildman–Crippen MR) is 123 cm³/mol. The number of aryl methyl sites for hydroxylation is 2. The molecule has 4 rings (SSSR count). The molecule has 1 N–H and O–H groups in total. The molecule has 1 fully saturated rings. The summed E-state index contributed by atoms with van der Waals surface area (Å²) in [5, 5.41) is 3.05. The predicted octanol–water partition coefficient (Wildman–Crippen LogP) is 3.34. The van der Waals surface area contributed by atoms with Crippen molar-refractivity contribution >= 4 is 11.7 Å². The van der Waals surface area contributed by atoms with E-state index in [2.05, 4.69) is 16.3 Å². The van der Waals surface area contributed by atoms with Crippen molar-refractivity contribution < 1.29 is 19.1 Å². The molecule has 0 saturated carbocycles. The van der Waals surface area contributed by atoms with E-state index in [1.54, 1.807) is 7.11 Å². The number of Topliss-reactive ketones (excluding diaryl/α,β-unsaturated/α-hetero) is 1. The van der Waals surface area contributed by atoms with Crippen LogP contribution in [0.1, 0.15) is 52.4 Å². The van der Waals surface area contributed by atoms with Gasteiger partial charge in [-0.1, -0.05) is 24.3 Å². The molecule has 32 heavy (non-hydrogen) atoms. The van der Waals surface area contributed by atoms with Crippen molar-refractivity contribution in [3.63, 3.8) is 0 Å². The molecule has 2 aliphatic rings. The zero-order valence-electron chi connectivity index (χ0n) is 18.8. The first-order valence-corrected chi connectivity index (χ1v) is 11.5. The molecule has 0 bridgehead atoms. The van der Waals surface area contributed by atoms with Crippen LogP contribution in [0.3, 0.4) is 0 Å². The normalized spacial score (nSPS) is 16.9. The van der Waals surface area contributed by atoms with Crippen molar-refractivity contribution in [3.05, 3.63) is 64.7 Å². The summed E-state index contributed by atoms with van der Waals surface area (Å²) in [4.78, 5) is 27.5.